The first-order chi connectivity index (χ1) is 12.9. The minimum atomic E-state index is -3.42. The summed E-state index contributed by atoms with van der Waals surface area (Å²) in [6, 6.07) is 11.9. The van der Waals surface area contributed by atoms with Crippen LogP contribution in [-0.4, -0.2) is 38.3 Å². The number of sulfonamides is 1. The molecule has 8 heteroatoms. The molecule has 6 nitrogen and oxygen atoms in total. The van der Waals surface area contributed by atoms with Crippen LogP contribution in [0.25, 0.3) is 0 Å². The van der Waals surface area contributed by atoms with E-state index in [0.29, 0.717) is 29.5 Å². The van der Waals surface area contributed by atoms with E-state index in [9.17, 15) is 13.2 Å². The quantitative estimate of drug-likeness (QED) is 0.768. The highest BCUT2D eigenvalue weighted by Crippen LogP contribution is 2.23. The predicted molar refractivity (Wildman–Crippen MR) is 108 cm³/mol. The lowest BCUT2D eigenvalue weighted by Crippen LogP contribution is -2.27. The molecule has 1 aliphatic rings. The van der Waals surface area contributed by atoms with E-state index in [0.717, 1.165) is 18.4 Å². The highest BCUT2D eigenvalue weighted by Gasteiger charge is 2.26. The number of carbonyl (C=O) groups is 1. The molecule has 1 fully saturated rings. The van der Waals surface area contributed by atoms with Gasteiger partial charge in [-0.3, -0.25) is 4.79 Å². The third-order valence-corrected chi connectivity index (χ3v) is 6.63. The maximum Gasteiger partial charge on any atom is 0.243 e. The van der Waals surface area contributed by atoms with Gasteiger partial charge >= 0.3 is 0 Å². The monoisotopic (exact) mass is 407 g/mol. The van der Waals surface area contributed by atoms with E-state index >= 15 is 0 Å². The largest absolute Gasteiger partial charge is 0.376 e. The van der Waals surface area contributed by atoms with Crippen molar-refractivity contribution >= 4 is 38.9 Å². The molecule has 0 saturated carbocycles. The van der Waals surface area contributed by atoms with Gasteiger partial charge in [-0.05, 0) is 61.7 Å². The average Bonchev–Trinajstić information content (AvgIpc) is 3.18. The van der Waals surface area contributed by atoms with E-state index in [4.69, 9.17) is 11.6 Å². The normalized spacial score (nSPS) is 14.9. The number of anilines is 2. The zero-order valence-corrected chi connectivity index (χ0v) is 16.6. The minimum absolute atomic E-state index is 0.0441. The van der Waals surface area contributed by atoms with Crippen LogP contribution in [0.3, 0.4) is 0 Å². The van der Waals surface area contributed by atoms with Crippen LogP contribution in [-0.2, 0) is 14.8 Å². The Balaban J connectivity index is 1.57. The van der Waals surface area contributed by atoms with E-state index in [2.05, 4.69) is 10.6 Å². The molecule has 2 aromatic carbocycles. The second-order valence-electron chi connectivity index (χ2n) is 6.52. The third-order valence-electron chi connectivity index (χ3n) is 4.41. The summed E-state index contributed by atoms with van der Waals surface area (Å²) in [7, 11) is -3.42. The Bertz CT molecular complexity index is 924. The fourth-order valence-corrected chi connectivity index (χ4v) is 4.72. The van der Waals surface area contributed by atoms with Crippen LogP contribution >= 0.6 is 11.6 Å². The standard InChI is InChI=1S/C19H22ClN3O3S/c1-14-4-9-18(17(20)12-14)22-19(24)13-21-15-5-7-16(8-6-15)27(25,26)23-10-2-3-11-23/h4-9,12,21H,2-3,10-11,13H2,1H3,(H,22,24). The van der Waals surface area contributed by atoms with Gasteiger partial charge in [0.15, 0.2) is 0 Å². The fraction of sp³-hybridized carbons (Fsp3) is 0.316. The summed E-state index contributed by atoms with van der Waals surface area (Å²) in [6.07, 6.45) is 1.80. The Labute approximate surface area is 164 Å². The van der Waals surface area contributed by atoms with Gasteiger partial charge in [0, 0.05) is 18.8 Å². The van der Waals surface area contributed by atoms with Crippen LogP contribution in [0.1, 0.15) is 18.4 Å². The van der Waals surface area contributed by atoms with Crippen molar-refractivity contribution in [3.8, 4) is 0 Å². The molecule has 0 aromatic heterocycles. The van der Waals surface area contributed by atoms with Crippen molar-refractivity contribution in [1.82, 2.24) is 4.31 Å². The molecule has 0 aliphatic carbocycles. The minimum Gasteiger partial charge on any atom is -0.376 e. The summed E-state index contributed by atoms with van der Waals surface area (Å²) in [5.74, 6) is -0.241. The molecular formula is C19H22ClN3O3S. The van der Waals surface area contributed by atoms with Crippen LogP contribution in [0.2, 0.25) is 5.02 Å². The molecule has 2 N–H and O–H groups in total. The molecular weight excluding hydrogens is 386 g/mol. The van der Waals surface area contributed by atoms with Gasteiger partial charge in [-0.1, -0.05) is 17.7 Å². The molecule has 0 unspecified atom stereocenters. The molecule has 3 rings (SSSR count). The first-order valence-corrected chi connectivity index (χ1v) is 10.6. The summed E-state index contributed by atoms with van der Waals surface area (Å²) < 4.78 is 26.5. The van der Waals surface area contributed by atoms with Gasteiger partial charge in [0.25, 0.3) is 0 Å². The second kappa shape index (κ2) is 8.29. The molecule has 0 spiro atoms. The van der Waals surface area contributed by atoms with Crippen LogP contribution in [0.4, 0.5) is 11.4 Å². The van der Waals surface area contributed by atoms with Crippen molar-refractivity contribution in [3.63, 3.8) is 0 Å². The Kier molecular flexibility index (Phi) is 6.04. The highest BCUT2D eigenvalue weighted by atomic mass is 35.5. The molecule has 1 aliphatic heterocycles. The second-order valence-corrected chi connectivity index (χ2v) is 8.87. The van der Waals surface area contributed by atoms with Gasteiger partial charge in [0.05, 0.1) is 22.2 Å². The molecule has 144 valence electrons. The van der Waals surface area contributed by atoms with E-state index in [1.165, 1.54) is 4.31 Å². The molecule has 0 atom stereocenters. The van der Waals surface area contributed by atoms with E-state index in [1.54, 1.807) is 36.4 Å². The maximum atomic E-state index is 12.5. The van der Waals surface area contributed by atoms with Crippen LogP contribution in [0, 0.1) is 6.92 Å². The lowest BCUT2D eigenvalue weighted by molar-refractivity contribution is -0.114. The zero-order chi connectivity index (χ0) is 19.4. The number of carbonyl (C=O) groups excluding carboxylic acids is 1. The first-order valence-electron chi connectivity index (χ1n) is 8.76. The summed E-state index contributed by atoms with van der Waals surface area (Å²) >= 11 is 6.11. The number of nitrogens with zero attached hydrogens (tertiary/aromatic N) is 1. The van der Waals surface area contributed by atoms with Gasteiger partial charge < -0.3 is 10.6 Å². The number of aryl methyl sites for hydroxylation is 1. The number of hydrogen-bond acceptors (Lipinski definition) is 4. The third kappa shape index (κ3) is 4.80. The first kappa shape index (κ1) is 19.7. The number of nitrogens with one attached hydrogen (secondary N) is 2. The van der Waals surface area contributed by atoms with Gasteiger partial charge in [0.1, 0.15) is 0 Å². The fourth-order valence-electron chi connectivity index (χ4n) is 2.92. The molecule has 0 radical (unpaired) electrons. The van der Waals surface area contributed by atoms with E-state index < -0.39 is 10.0 Å². The van der Waals surface area contributed by atoms with Gasteiger partial charge in [-0.15, -0.1) is 0 Å². The number of halogens is 1. The topological polar surface area (TPSA) is 78.5 Å². The van der Waals surface area contributed by atoms with E-state index in [-0.39, 0.29) is 17.3 Å². The zero-order valence-electron chi connectivity index (χ0n) is 15.0. The lowest BCUT2D eigenvalue weighted by Gasteiger charge is -2.16. The Hall–Kier alpha value is -2.09. The highest BCUT2D eigenvalue weighted by molar-refractivity contribution is 7.89. The van der Waals surface area contributed by atoms with Gasteiger partial charge in [0.2, 0.25) is 15.9 Å². The van der Waals surface area contributed by atoms with E-state index in [1.807, 2.05) is 13.0 Å². The summed E-state index contributed by atoms with van der Waals surface area (Å²) in [5.41, 5.74) is 2.24. The SMILES string of the molecule is Cc1ccc(NC(=O)CNc2ccc(S(=O)(=O)N3CCCC3)cc2)c(Cl)c1. The van der Waals surface area contributed by atoms with Gasteiger partial charge in [-0.2, -0.15) is 4.31 Å². The number of rotatable bonds is 6. The van der Waals surface area contributed by atoms with Crippen molar-refractivity contribution in [2.24, 2.45) is 0 Å². The van der Waals surface area contributed by atoms with Crippen molar-refractivity contribution in [2.45, 2.75) is 24.7 Å². The van der Waals surface area contributed by atoms with Crippen LogP contribution in [0.5, 0.6) is 0 Å². The van der Waals surface area contributed by atoms with Crippen LogP contribution in [0.15, 0.2) is 47.4 Å². The molecule has 27 heavy (non-hydrogen) atoms. The summed E-state index contributed by atoms with van der Waals surface area (Å²) in [4.78, 5) is 12.4. The number of amides is 1. The van der Waals surface area contributed by atoms with Gasteiger partial charge in [-0.25, -0.2) is 8.42 Å². The molecule has 1 saturated heterocycles. The predicted octanol–water partition coefficient (Wildman–Crippen LogP) is 3.48. The smallest absolute Gasteiger partial charge is 0.243 e. The van der Waals surface area contributed by atoms with Crippen LogP contribution < -0.4 is 10.6 Å². The molecule has 1 heterocycles. The maximum absolute atomic E-state index is 12.5. The lowest BCUT2D eigenvalue weighted by atomic mass is 10.2. The van der Waals surface area contributed by atoms with Crippen molar-refractivity contribution in [2.75, 3.05) is 30.3 Å². The molecule has 0 bridgehead atoms. The van der Waals surface area contributed by atoms with Crippen molar-refractivity contribution in [3.05, 3.63) is 53.1 Å². The van der Waals surface area contributed by atoms with Crippen molar-refractivity contribution < 1.29 is 13.2 Å². The average molecular weight is 408 g/mol. The Morgan fingerprint density at radius 3 is 2.41 bits per heavy atom. The summed E-state index contributed by atoms with van der Waals surface area (Å²) in [5, 5.41) is 6.21. The molecule has 1 amide bonds. The van der Waals surface area contributed by atoms with Crippen molar-refractivity contribution in [1.29, 1.82) is 0 Å². The number of benzene rings is 2. The summed E-state index contributed by atoms with van der Waals surface area (Å²) in [6.45, 7) is 3.11. The Morgan fingerprint density at radius 1 is 1.11 bits per heavy atom. The number of hydrogen-bond donors (Lipinski definition) is 2. The molecule has 2 aromatic rings. The Morgan fingerprint density at radius 2 is 1.78 bits per heavy atom.